The fourth-order valence-electron chi connectivity index (χ4n) is 2.98. The van der Waals surface area contributed by atoms with Crippen LogP contribution in [0.4, 0.5) is 5.69 Å². The predicted molar refractivity (Wildman–Crippen MR) is 109 cm³/mol. The van der Waals surface area contributed by atoms with Crippen LogP contribution in [0.2, 0.25) is 0 Å². The molecule has 0 saturated carbocycles. The second kappa shape index (κ2) is 8.13. The lowest BCUT2D eigenvalue weighted by Gasteiger charge is -2.09. The number of pyridine rings is 1. The molecule has 0 fully saturated rings. The maximum Gasteiger partial charge on any atom is 0.224 e. The van der Waals surface area contributed by atoms with Crippen LogP contribution in [0, 0.1) is 0 Å². The number of nitrogens with zero attached hydrogens (tertiary/aromatic N) is 1. The van der Waals surface area contributed by atoms with Crippen molar-refractivity contribution in [3.8, 4) is 11.3 Å². The molecule has 134 valence electrons. The van der Waals surface area contributed by atoms with Crippen molar-refractivity contribution in [2.24, 2.45) is 0 Å². The van der Waals surface area contributed by atoms with Gasteiger partial charge in [0.15, 0.2) is 0 Å². The van der Waals surface area contributed by atoms with Crippen molar-refractivity contribution in [1.29, 1.82) is 0 Å². The van der Waals surface area contributed by atoms with Gasteiger partial charge in [-0.2, -0.15) is 0 Å². The summed E-state index contributed by atoms with van der Waals surface area (Å²) < 4.78 is 0. The Hall–Kier alpha value is -2.68. The van der Waals surface area contributed by atoms with Crippen molar-refractivity contribution in [3.63, 3.8) is 0 Å². The molecule has 2 aromatic carbocycles. The first kappa shape index (κ1) is 18.1. The molecule has 3 aromatic rings. The Balaban J connectivity index is 1.85. The van der Waals surface area contributed by atoms with Crippen LogP contribution < -0.4 is 5.32 Å². The molecule has 0 saturated heterocycles. The van der Waals surface area contributed by atoms with Crippen molar-refractivity contribution in [1.82, 2.24) is 4.98 Å². The third kappa shape index (κ3) is 4.29. The van der Waals surface area contributed by atoms with Crippen LogP contribution in [0.15, 0.2) is 54.6 Å². The van der Waals surface area contributed by atoms with Crippen molar-refractivity contribution < 1.29 is 4.79 Å². The van der Waals surface area contributed by atoms with Crippen molar-refractivity contribution >= 4 is 22.5 Å². The van der Waals surface area contributed by atoms with Gasteiger partial charge in [-0.15, -0.1) is 0 Å². The number of amides is 1. The lowest BCUT2D eigenvalue weighted by atomic mass is 10.0. The van der Waals surface area contributed by atoms with Gasteiger partial charge in [0.05, 0.1) is 11.2 Å². The van der Waals surface area contributed by atoms with Gasteiger partial charge in [0.1, 0.15) is 0 Å². The number of benzene rings is 2. The molecule has 0 unspecified atom stereocenters. The van der Waals surface area contributed by atoms with Crippen LogP contribution >= 0.6 is 0 Å². The Kier molecular flexibility index (Phi) is 5.67. The zero-order valence-corrected chi connectivity index (χ0v) is 15.8. The molecule has 26 heavy (non-hydrogen) atoms. The Morgan fingerprint density at radius 3 is 2.69 bits per heavy atom. The van der Waals surface area contributed by atoms with Crippen LogP contribution in [-0.2, 0) is 4.79 Å². The zero-order valence-electron chi connectivity index (χ0n) is 15.8. The number of fused-ring (bicyclic) bond motifs is 1. The average Bonchev–Trinajstić information content (AvgIpc) is 2.65. The summed E-state index contributed by atoms with van der Waals surface area (Å²) in [7, 11) is 0. The molecule has 0 spiro atoms. The fraction of sp³-hybridized carbons (Fsp3) is 0.304. The number of rotatable bonds is 6. The Bertz CT molecular complexity index is 915. The molecule has 1 aromatic heterocycles. The monoisotopic (exact) mass is 346 g/mol. The highest BCUT2D eigenvalue weighted by atomic mass is 16.1. The third-order valence-corrected chi connectivity index (χ3v) is 4.58. The van der Waals surface area contributed by atoms with Crippen LogP contribution in [-0.4, -0.2) is 10.9 Å². The first-order chi connectivity index (χ1) is 12.6. The Labute approximate surface area is 155 Å². The summed E-state index contributed by atoms with van der Waals surface area (Å²) >= 11 is 0. The highest BCUT2D eigenvalue weighted by molar-refractivity contribution is 5.91. The predicted octanol–water partition coefficient (Wildman–Crippen LogP) is 6.15. The number of anilines is 1. The number of nitrogens with one attached hydrogen (secondary N) is 1. The van der Waals surface area contributed by atoms with Crippen LogP contribution in [0.1, 0.15) is 51.5 Å². The summed E-state index contributed by atoms with van der Waals surface area (Å²) in [4.78, 5) is 16.8. The Morgan fingerprint density at radius 2 is 1.92 bits per heavy atom. The van der Waals surface area contributed by atoms with Crippen LogP contribution in [0.25, 0.3) is 22.2 Å². The maximum absolute atomic E-state index is 12.0. The van der Waals surface area contributed by atoms with Gasteiger partial charge in [-0.05, 0) is 48.2 Å². The van der Waals surface area contributed by atoms with Crippen molar-refractivity contribution in [3.05, 3.63) is 60.2 Å². The Morgan fingerprint density at radius 1 is 1.08 bits per heavy atom. The van der Waals surface area contributed by atoms with E-state index in [1.165, 1.54) is 5.56 Å². The van der Waals surface area contributed by atoms with E-state index in [2.05, 4.69) is 50.4 Å². The van der Waals surface area contributed by atoms with E-state index in [0.29, 0.717) is 12.3 Å². The molecule has 0 aliphatic carbocycles. The number of hydrogen-bond acceptors (Lipinski definition) is 2. The standard InChI is InChI=1S/C23H26N2O/c1-4-5-9-23(26)24-20-8-6-7-18(15-20)21-13-11-19-14-17(16(2)3)10-12-22(19)25-21/h6-8,10-16H,4-5,9H2,1-3H3,(H,24,26). The molecule has 0 bridgehead atoms. The van der Waals surface area contributed by atoms with Gasteiger partial charge < -0.3 is 5.32 Å². The first-order valence-corrected chi connectivity index (χ1v) is 9.38. The third-order valence-electron chi connectivity index (χ3n) is 4.58. The molecule has 3 nitrogen and oxygen atoms in total. The molecule has 3 heteroatoms. The topological polar surface area (TPSA) is 42.0 Å². The SMILES string of the molecule is CCCCC(=O)Nc1cccc(-c2ccc3cc(C(C)C)ccc3n2)c1. The normalized spacial score (nSPS) is 11.1. The summed E-state index contributed by atoms with van der Waals surface area (Å²) in [5, 5.41) is 4.13. The lowest BCUT2D eigenvalue weighted by Crippen LogP contribution is -2.10. The van der Waals surface area contributed by atoms with Gasteiger partial charge in [0.2, 0.25) is 5.91 Å². The average molecular weight is 346 g/mol. The fourth-order valence-corrected chi connectivity index (χ4v) is 2.98. The smallest absolute Gasteiger partial charge is 0.224 e. The molecule has 0 radical (unpaired) electrons. The van der Waals surface area contributed by atoms with E-state index >= 15 is 0 Å². The van der Waals surface area contributed by atoms with Gasteiger partial charge in [0, 0.05) is 23.1 Å². The minimum Gasteiger partial charge on any atom is -0.326 e. The summed E-state index contributed by atoms with van der Waals surface area (Å²) in [6.07, 6.45) is 2.50. The number of unbranched alkanes of at least 4 members (excludes halogenated alkanes) is 1. The lowest BCUT2D eigenvalue weighted by molar-refractivity contribution is -0.116. The van der Waals surface area contributed by atoms with E-state index in [1.807, 2.05) is 30.3 Å². The second-order valence-corrected chi connectivity index (χ2v) is 7.04. The van der Waals surface area contributed by atoms with E-state index < -0.39 is 0 Å². The highest BCUT2D eigenvalue weighted by Gasteiger charge is 2.07. The largest absolute Gasteiger partial charge is 0.326 e. The van der Waals surface area contributed by atoms with Gasteiger partial charge in [-0.3, -0.25) is 4.79 Å². The van der Waals surface area contributed by atoms with E-state index in [0.717, 1.165) is 40.7 Å². The molecule has 1 N–H and O–H groups in total. The van der Waals surface area contributed by atoms with E-state index in [-0.39, 0.29) is 5.91 Å². The number of hydrogen-bond donors (Lipinski definition) is 1. The molecular formula is C23H26N2O. The minimum absolute atomic E-state index is 0.0664. The van der Waals surface area contributed by atoms with Crippen molar-refractivity contribution in [2.75, 3.05) is 5.32 Å². The van der Waals surface area contributed by atoms with Gasteiger partial charge >= 0.3 is 0 Å². The molecule has 1 heterocycles. The summed E-state index contributed by atoms with van der Waals surface area (Å²) in [5.74, 6) is 0.573. The molecule has 3 rings (SSSR count). The zero-order chi connectivity index (χ0) is 18.5. The van der Waals surface area contributed by atoms with E-state index in [1.54, 1.807) is 0 Å². The minimum atomic E-state index is 0.0664. The molecule has 0 aliphatic heterocycles. The second-order valence-electron chi connectivity index (χ2n) is 7.04. The summed E-state index contributed by atoms with van der Waals surface area (Å²) in [6, 6.07) is 18.5. The van der Waals surface area contributed by atoms with Gasteiger partial charge in [-0.25, -0.2) is 4.98 Å². The summed E-state index contributed by atoms with van der Waals surface area (Å²) in [5.41, 5.74) is 5.06. The summed E-state index contributed by atoms with van der Waals surface area (Å²) in [6.45, 7) is 6.48. The van der Waals surface area contributed by atoms with E-state index in [4.69, 9.17) is 4.98 Å². The molecule has 1 amide bonds. The van der Waals surface area contributed by atoms with Crippen LogP contribution in [0.3, 0.4) is 0 Å². The number of carbonyl (C=O) groups is 1. The maximum atomic E-state index is 12.0. The van der Waals surface area contributed by atoms with E-state index in [9.17, 15) is 4.79 Å². The van der Waals surface area contributed by atoms with Gasteiger partial charge in [0.25, 0.3) is 0 Å². The van der Waals surface area contributed by atoms with Gasteiger partial charge in [-0.1, -0.05) is 51.5 Å². The first-order valence-electron chi connectivity index (χ1n) is 9.38. The van der Waals surface area contributed by atoms with Crippen molar-refractivity contribution in [2.45, 2.75) is 46.0 Å². The number of carbonyl (C=O) groups excluding carboxylic acids is 1. The number of aromatic nitrogens is 1. The van der Waals surface area contributed by atoms with Crippen LogP contribution in [0.5, 0.6) is 0 Å². The highest BCUT2D eigenvalue weighted by Crippen LogP contribution is 2.26. The quantitative estimate of drug-likeness (QED) is 0.581. The molecular weight excluding hydrogens is 320 g/mol. The molecule has 0 aliphatic rings. The molecule has 0 atom stereocenters.